The number of rotatable bonds is 2. The second-order valence-electron chi connectivity index (χ2n) is 3.54. The molecule has 1 aromatic carbocycles. The van der Waals surface area contributed by atoms with Gasteiger partial charge in [-0.25, -0.2) is 0 Å². The standard InChI is InChI=1S/C12H13N3O/c1-9-10(8-13)7-12(16)15(14-9)11-5-3-2-4-6-11/h2-7H,8,13H2,1H3. The number of hydrogen-bond acceptors (Lipinski definition) is 3. The summed E-state index contributed by atoms with van der Waals surface area (Å²) in [4.78, 5) is 11.8. The van der Waals surface area contributed by atoms with Crippen LogP contribution in [0.3, 0.4) is 0 Å². The van der Waals surface area contributed by atoms with Crippen LogP contribution >= 0.6 is 0 Å². The Morgan fingerprint density at radius 3 is 2.62 bits per heavy atom. The first-order valence-electron chi connectivity index (χ1n) is 5.07. The molecule has 0 saturated carbocycles. The molecule has 0 aliphatic rings. The van der Waals surface area contributed by atoms with E-state index in [0.29, 0.717) is 6.54 Å². The largest absolute Gasteiger partial charge is 0.326 e. The summed E-state index contributed by atoms with van der Waals surface area (Å²) in [6, 6.07) is 10.9. The third-order valence-corrected chi connectivity index (χ3v) is 2.44. The third-order valence-electron chi connectivity index (χ3n) is 2.44. The molecule has 0 unspecified atom stereocenters. The maximum atomic E-state index is 11.8. The van der Waals surface area contributed by atoms with Crippen molar-refractivity contribution in [3.63, 3.8) is 0 Å². The number of para-hydroxylation sites is 1. The topological polar surface area (TPSA) is 60.9 Å². The molecule has 2 aromatic rings. The Kier molecular flexibility index (Phi) is 2.83. The minimum atomic E-state index is -0.155. The molecule has 0 radical (unpaired) electrons. The maximum Gasteiger partial charge on any atom is 0.271 e. The van der Waals surface area contributed by atoms with Gasteiger partial charge >= 0.3 is 0 Å². The van der Waals surface area contributed by atoms with Crippen molar-refractivity contribution >= 4 is 0 Å². The molecule has 4 heteroatoms. The van der Waals surface area contributed by atoms with Gasteiger partial charge in [0.1, 0.15) is 0 Å². The summed E-state index contributed by atoms with van der Waals surface area (Å²) in [5.74, 6) is 0. The summed E-state index contributed by atoms with van der Waals surface area (Å²) in [7, 11) is 0. The van der Waals surface area contributed by atoms with Crippen LogP contribution in [0.2, 0.25) is 0 Å². The van der Waals surface area contributed by atoms with Crippen molar-refractivity contribution in [2.24, 2.45) is 5.73 Å². The first-order valence-corrected chi connectivity index (χ1v) is 5.07. The van der Waals surface area contributed by atoms with E-state index in [2.05, 4.69) is 5.10 Å². The van der Waals surface area contributed by atoms with Crippen molar-refractivity contribution in [3.8, 4) is 5.69 Å². The lowest BCUT2D eigenvalue weighted by molar-refractivity contribution is 0.767. The summed E-state index contributed by atoms with van der Waals surface area (Å²) in [5, 5.41) is 4.24. The van der Waals surface area contributed by atoms with Crippen molar-refractivity contribution in [1.29, 1.82) is 0 Å². The van der Waals surface area contributed by atoms with Gasteiger partial charge in [-0.15, -0.1) is 0 Å². The minimum Gasteiger partial charge on any atom is -0.326 e. The number of nitrogens with two attached hydrogens (primary N) is 1. The molecule has 0 bridgehead atoms. The Balaban J connectivity index is 2.60. The molecule has 16 heavy (non-hydrogen) atoms. The third kappa shape index (κ3) is 1.87. The van der Waals surface area contributed by atoms with Crippen LogP contribution in [0.4, 0.5) is 0 Å². The van der Waals surface area contributed by atoms with E-state index >= 15 is 0 Å². The van der Waals surface area contributed by atoms with Crippen molar-refractivity contribution in [3.05, 3.63) is 58.0 Å². The smallest absolute Gasteiger partial charge is 0.271 e. The highest BCUT2D eigenvalue weighted by atomic mass is 16.1. The van der Waals surface area contributed by atoms with E-state index in [-0.39, 0.29) is 5.56 Å². The van der Waals surface area contributed by atoms with Crippen LogP contribution in [0.5, 0.6) is 0 Å². The van der Waals surface area contributed by atoms with Crippen LogP contribution in [-0.4, -0.2) is 9.78 Å². The first-order chi connectivity index (χ1) is 7.72. The van der Waals surface area contributed by atoms with E-state index in [9.17, 15) is 4.79 Å². The van der Waals surface area contributed by atoms with Crippen molar-refractivity contribution < 1.29 is 0 Å². The van der Waals surface area contributed by atoms with Gasteiger partial charge in [-0.2, -0.15) is 9.78 Å². The molecule has 0 atom stereocenters. The molecule has 2 N–H and O–H groups in total. The molecule has 0 spiro atoms. The predicted octanol–water partition coefficient (Wildman–Crippen LogP) is 1.000. The van der Waals surface area contributed by atoms with Gasteiger partial charge < -0.3 is 5.73 Å². The average molecular weight is 215 g/mol. The normalized spacial score (nSPS) is 10.4. The molecular formula is C12H13N3O. The number of hydrogen-bond donors (Lipinski definition) is 1. The van der Waals surface area contributed by atoms with Gasteiger partial charge in [-0.3, -0.25) is 4.79 Å². The average Bonchev–Trinajstić information content (AvgIpc) is 2.32. The lowest BCUT2D eigenvalue weighted by atomic mass is 10.2. The van der Waals surface area contributed by atoms with Crippen LogP contribution in [0.25, 0.3) is 5.69 Å². The van der Waals surface area contributed by atoms with E-state index in [1.165, 1.54) is 10.7 Å². The summed E-state index contributed by atoms with van der Waals surface area (Å²) in [6.07, 6.45) is 0. The van der Waals surface area contributed by atoms with Gasteiger partial charge in [-0.05, 0) is 24.6 Å². The van der Waals surface area contributed by atoms with Gasteiger partial charge in [0.2, 0.25) is 0 Å². The molecule has 0 saturated heterocycles. The fourth-order valence-electron chi connectivity index (χ4n) is 1.54. The Morgan fingerprint density at radius 2 is 2.00 bits per heavy atom. The SMILES string of the molecule is Cc1nn(-c2ccccc2)c(=O)cc1CN. The van der Waals surface area contributed by atoms with E-state index in [0.717, 1.165) is 16.9 Å². The van der Waals surface area contributed by atoms with Crippen LogP contribution in [0, 0.1) is 6.92 Å². The molecule has 0 fully saturated rings. The Morgan fingerprint density at radius 1 is 1.31 bits per heavy atom. The number of aryl methyl sites for hydroxylation is 1. The number of nitrogens with zero attached hydrogens (tertiary/aromatic N) is 2. The quantitative estimate of drug-likeness (QED) is 0.813. The van der Waals surface area contributed by atoms with E-state index in [4.69, 9.17) is 5.73 Å². The molecule has 1 heterocycles. The van der Waals surface area contributed by atoms with Crippen LogP contribution in [-0.2, 0) is 6.54 Å². The highest BCUT2D eigenvalue weighted by Crippen LogP contribution is 2.05. The lowest BCUT2D eigenvalue weighted by Crippen LogP contribution is -2.23. The zero-order valence-electron chi connectivity index (χ0n) is 9.05. The van der Waals surface area contributed by atoms with E-state index in [1.807, 2.05) is 37.3 Å². The number of aromatic nitrogens is 2. The molecular weight excluding hydrogens is 202 g/mol. The zero-order chi connectivity index (χ0) is 11.5. The highest BCUT2D eigenvalue weighted by Gasteiger charge is 2.04. The van der Waals surface area contributed by atoms with Crippen LogP contribution in [0.1, 0.15) is 11.3 Å². The maximum absolute atomic E-state index is 11.8. The minimum absolute atomic E-state index is 0.155. The Bertz CT molecular complexity index is 546. The highest BCUT2D eigenvalue weighted by molar-refractivity contribution is 5.31. The van der Waals surface area contributed by atoms with Crippen LogP contribution in [0.15, 0.2) is 41.2 Å². The summed E-state index contributed by atoms with van der Waals surface area (Å²) in [5.41, 5.74) is 7.70. The fourth-order valence-corrected chi connectivity index (χ4v) is 1.54. The summed E-state index contributed by atoms with van der Waals surface area (Å²) >= 11 is 0. The van der Waals surface area contributed by atoms with Crippen molar-refractivity contribution in [1.82, 2.24) is 9.78 Å². The molecule has 4 nitrogen and oxygen atoms in total. The predicted molar refractivity (Wildman–Crippen MR) is 62.5 cm³/mol. The first kappa shape index (κ1) is 10.6. The lowest BCUT2D eigenvalue weighted by Gasteiger charge is -2.07. The zero-order valence-corrected chi connectivity index (χ0v) is 9.05. The Hall–Kier alpha value is -1.94. The molecule has 1 aromatic heterocycles. The van der Waals surface area contributed by atoms with Crippen molar-refractivity contribution in [2.75, 3.05) is 0 Å². The molecule has 82 valence electrons. The molecule has 2 rings (SSSR count). The van der Waals surface area contributed by atoms with E-state index < -0.39 is 0 Å². The van der Waals surface area contributed by atoms with Gasteiger partial charge in [0, 0.05) is 12.6 Å². The Labute approximate surface area is 93.3 Å². The van der Waals surface area contributed by atoms with Gasteiger partial charge in [0.25, 0.3) is 5.56 Å². The molecule has 0 aliphatic carbocycles. The molecule has 0 aliphatic heterocycles. The monoisotopic (exact) mass is 215 g/mol. The molecule has 0 amide bonds. The van der Waals surface area contributed by atoms with E-state index in [1.54, 1.807) is 0 Å². The summed E-state index contributed by atoms with van der Waals surface area (Å²) < 4.78 is 1.38. The van der Waals surface area contributed by atoms with Gasteiger partial charge in [0.15, 0.2) is 0 Å². The van der Waals surface area contributed by atoms with Crippen molar-refractivity contribution in [2.45, 2.75) is 13.5 Å². The van der Waals surface area contributed by atoms with Crippen LogP contribution < -0.4 is 11.3 Å². The fraction of sp³-hybridized carbons (Fsp3) is 0.167. The second kappa shape index (κ2) is 4.28. The number of benzene rings is 1. The summed E-state index contributed by atoms with van der Waals surface area (Å²) in [6.45, 7) is 2.19. The van der Waals surface area contributed by atoms with Gasteiger partial charge in [0.05, 0.1) is 11.4 Å². The van der Waals surface area contributed by atoms with Gasteiger partial charge in [-0.1, -0.05) is 18.2 Å². The second-order valence-corrected chi connectivity index (χ2v) is 3.54.